The Balaban J connectivity index is 2.85. The largest absolute Gasteiger partial charge is 0.491 e. The molecule has 12 heavy (non-hydrogen) atoms. The Morgan fingerprint density at radius 2 is 1.92 bits per heavy atom. The van der Waals surface area contributed by atoms with Gasteiger partial charge in [-0.05, 0) is 67.1 Å². The molecule has 0 aliphatic rings. The highest BCUT2D eigenvalue weighted by molar-refractivity contribution is 14.1. The van der Waals surface area contributed by atoms with Gasteiger partial charge in [-0.25, -0.2) is 0 Å². The molecule has 0 heterocycles. The first-order valence-electron chi connectivity index (χ1n) is 4.02. The van der Waals surface area contributed by atoms with Crippen molar-refractivity contribution in [2.75, 3.05) is 0 Å². The Morgan fingerprint density at radius 3 is 2.42 bits per heavy atom. The van der Waals surface area contributed by atoms with Gasteiger partial charge in [0.15, 0.2) is 0 Å². The Kier molecular flexibility index (Phi) is 3.38. The molecule has 0 aromatic heterocycles. The standard InChI is InChI=1S/C10H13IO/c1-7(2)12-10-5-8(3)4-9(11)6-10/h4-7H,1-3H3. The summed E-state index contributed by atoms with van der Waals surface area (Å²) in [6.45, 7) is 6.15. The van der Waals surface area contributed by atoms with Crippen molar-refractivity contribution in [1.29, 1.82) is 0 Å². The second-order valence-electron chi connectivity index (χ2n) is 3.13. The third kappa shape index (κ3) is 3.01. The molecule has 2 heteroatoms. The lowest BCUT2D eigenvalue weighted by atomic mass is 10.2. The van der Waals surface area contributed by atoms with Crippen LogP contribution in [0.15, 0.2) is 18.2 Å². The molecule has 0 N–H and O–H groups in total. The second kappa shape index (κ2) is 4.12. The summed E-state index contributed by atoms with van der Waals surface area (Å²) >= 11 is 2.30. The van der Waals surface area contributed by atoms with Crippen molar-refractivity contribution in [3.63, 3.8) is 0 Å². The average molecular weight is 276 g/mol. The molecule has 0 spiro atoms. The average Bonchev–Trinajstić information content (AvgIpc) is 1.81. The van der Waals surface area contributed by atoms with Gasteiger partial charge in [-0.3, -0.25) is 0 Å². The van der Waals surface area contributed by atoms with Crippen molar-refractivity contribution in [2.24, 2.45) is 0 Å². The molecule has 0 atom stereocenters. The van der Waals surface area contributed by atoms with Crippen LogP contribution >= 0.6 is 22.6 Å². The first kappa shape index (κ1) is 9.84. The van der Waals surface area contributed by atoms with Crippen molar-refractivity contribution in [3.05, 3.63) is 27.3 Å². The molecule has 0 fully saturated rings. The quantitative estimate of drug-likeness (QED) is 0.752. The fourth-order valence-electron chi connectivity index (χ4n) is 1.04. The summed E-state index contributed by atoms with van der Waals surface area (Å²) in [6.07, 6.45) is 0.252. The van der Waals surface area contributed by atoms with Crippen LogP contribution in [0.3, 0.4) is 0 Å². The van der Waals surface area contributed by atoms with Crippen LogP contribution in [0.4, 0.5) is 0 Å². The molecule has 0 aliphatic carbocycles. The molecular weight excluding hydrogens is 263 g/mol. The normalized spacial score (nSPS) is 10.4. The number of benzene rings is 1. The fourth-order valence-corrected chi connectivity index (χ4v) is 1.84. The number of aryl methyl sites for hydroxylation is 1. The van der Waals surface area contributed by atoms with Crippen molar-refractivity contribution >= 4 is 22.6 Å². The van der Waals surface area contributed by atoms with E-state index in [1.165, 1.54) is 9.13 Å². The third-order valence-corrected chi connectivity index (χ3v) is 2.01. The van der Waals surface area contributed by atoms with E-state index in [0.29, 0.717) is 0 Å². The predicted molar refractivity (Wildman–Crippen MR) is 59.7 cm³/mol. The maximum Gasteiger partial charge on any atom is 0.121 e. The minimum absolute atomic E-state index is 0.252. The van der Waals surface area contributed by atoms with Crippen LogP contribution in [-0.2, 0) is 0 Å². The zero-order valence-corrected chi connectivity index (χ0v) is 9.75. The van der Waals surface area contributed by atoms with E-state index in [2.05, 4.69) is 41.6 Å². The van der Waals surface area contributed by atoms with Crippen LogP contribution in [0.1, 0.15) is 19.4 Å². The molecule has 0 bridgehead atoms. The summed E-state index contributed by atoms with van der Waals surface area (Å²) in [5.41, 5.74) is 1.25. The van der Waals surface area contributed by atoms with Crippen molar-refractivity contribution in [2.45, 2.75) is 26.9 Å². The number of hydrogen-bond acceptors (Lipinski definition) is 1. The van der Waals surface area contributed by atoms with Crippen LogP contribution in [-0.4, -0.2) is 6.10 Å². The predicted octanol–water partition coefficient (Wildman–Crippen LogP) is 3.39. The topological polar surface area (TPSA) is 9.23 Å². The van der Waals surface area contributed by atoms with E-state index in [9.17, 15) is 0 Å². The zero-order valence-electron chi connectivity index (χ0n) is 7.60. The lowest BCUT2D eigenvalue weighted by molar-refractivity contribution is 0.242. The number of rotatable bonds is 2. The molecule has 0 saturated heterocycles. The van der Waals surface area contributed by atoms with Crippen LogP contribution < -0.4 is 4.74 Å². The minimum Gasteiger partial charge on any atom is -0.491 e. The van der Waals surface area contributed by atoms with Gasteiger partial charge in [-0.15, -0.1) is 0 Å². The van der Waals surface area contributed by atoms with Gasteiger partial charge in [0.05, 0.1) is 6.10 Å². The Morgan fingerprint density at radius 1 is 1.25 bits per heavy atom. The second-order valence-corrected chi connectivity index (χ2v) is 4.38. The van der Waals surface area contributed by atoms with E-state index in [-0.39, 0.29) is 6.10 Å². The molecule has 1 aromatic rings. The van der Waals surface area contributed by atoms with Crippen molar-refractivity contribution in [3.8, 4) is 5.75 Å². The number of hydrogen-bond donors (Lipinski definition) is 0. The highest BCUT2D eigenvalue weighted by Gasteiger charge is 1.99. The maximum absolute atomic E-state index is 5.57. The molecule has 66 valence electrons. The van der Waals surface area contributed by atoms with E-state index >= 15 is 0 Å². The highest BCUT2D eigenvalue weighted by atomic mass is 127. The van der Waals surface area contributed by atoms with Gasteiger partial charge < -0.3 is 4.74 Å². The molecule has 1 aromatic carbocycles. The number of halogens is 1. The maximum atomic E-state index is 5.57. The molecule has 1 nitrogen and oxygen atoms in total. The monoisotopic (exact) mass is 276 g/mol. The van der Waals surface area contributed by atoms with Crippen LogP contribution in [0.5, 0.6) is 5.75 Å². The Hall–Kier alpha value is -0.250. The molecule has 1 rings (SSSR count). The lowest BCUT2D eigenvalue weighted by Gasteiger charge is -2.10. The smallest absolute Gasteiger partial charge is 0.121 e. The third-order valence-electron chi connectivity index (χ3n) is 1.39. The van der Waals surface area contributed by atoms with Crippen molar-refractivity contribution < 1.29 is 4.74 Å². The van der Waals surface area contributed by atoms with Gasteiger partial charge >= 0.3 is 0 Å². The fraction of sp³-hybridized carbons (Fsp3) is 0.400. The summed E-state index contributed by atoms with van der Waals surface area (Å²) in [5, 5.41) is 0. The summed E-state index contributed by atoms with van der Waals surface area (Å²) in [6, 6.07) is 6.24. The summed E-state index contributed by atoms with van der Waals surface area (Å²) in [7, 11) is 0. The van der Waals surface area contributed by atoms with Crippen LogP contribution in [0, 0.1) is 10.5 Å². The molecular formula is C10H13IO. The first-order valence-corrected chi connectivity index (χ1v) is 5.09. The van der Waals surface area contributed by atoms with E-state index in [1.807, 2.05) is 19.9 Å². The molecule has 0 aliphatic heterocycles. The molecule has 0 amide bonds. The Labute approximate surface area is 87.3 Å². The lowest BCUT2D eigenvalue weighted by Crippen LogP contribution is -2.05. The van der Waals surface area contributed by atoms with E-state index < -0.39 is 0 Å². The Bertz CT molecular complexity index is 248. The van der Waals surface area contributed by atoms with E-state index in [1.54, 1.807) is 0 Å². The van der Waals surface area contributed by atoms with Gasteiger partial charge in [-0.1, -0.05) is 0 Å². The van der Waals surface area contributed by atoms with Gasteiger partial charge in [0, 0.05) is 3.57 Å². The molecule has 0 unspecified atom stereocenters. The van der Waals surface area contributed by atoms with Crippen LogP contribution in [0.25, 0.3) is 0 Å². The van der Waals surface area contributed by atoms with Gasteiger partial charge in [-0.2, -0.15) is 0 Å². The first-order chi connectivity index (χ1) is 5.58. The highest BCUT2D eigenvalue weighted by Crippen LogP contribution is 2.19. The zero-order chi connectivity index (χ0) is 9.14. The summed E-state index contributed by atoms with van der Waals surface area (Å²) in [4.78, 5) is 0. The minimum atomic E-state index is 0.252. The summed E-state index contributed by atoms with van der Waals surface area (Å²) in [5.74, 6) is 0.967. The van der Waals surface area contributed by atoms with Crippen LogP contribution in [0.2, 0.25) is 0 Å². The van der Waals surface area contributed by atoms with E-state index in [4.69, 9.17) is 4.74 Å². The molecule has 0 radical (unpaired) electrons. The SMILES string of the molecule is Cc1cc(I)cc(OC(C)C)c1. The molecule has 0 saturated carbocycles. The number of ether oxygens (including phenoxy) is 1. The van der Waals surface area contributed by atoms with Gasteiger partial charge in [0.1, 0.15) is 5.75 Å². The van der Waals surface area contributed by atoms with Gasteiger partial charge in [0.25, 0.3) is 0 Å². The summed E-state index contributed by atoms with van der Waals surface area (Å²) < 4.78 is 6.80. The van der Waals surface area contributed by atoms with Crippen molar-refractivity contribution in [1.82, 2.24) is 0 Å². The van der Waals surface area contributed by atoms with E-state index in [0.717, 1.165) is 5.75 Å². The van der Waals surface area contributed by atoms with Gasteiger partial charge in [0.2, 0.25) is 0 Å².